The van der Waals surface area contributed by atoms with Gasteiger partial charge in [0.05, 0.1) is 40.1 Å². The predicted molar refractivity (Wildman–Crippen MR) is 149 cm³/mol. The van der Waals surface area contributed by atoms with Gasteiger partial charge < -0.3 is 9.47 Å². The quantitative estimate of drug-likeness (QED) is 0.317. The van der Waals surface area contributed by atoms with Gasteiger partial charge in [-0.2, -0.15) is 5.26 Å². The second-order valence-electron chi connectivity index (χ2n) is 8.98. The molecule has 2 heterocycles. The molecule has 0 saturated carbocycles. The zero-order chi connectivity index (χ0) is 28.2. The summed E-state index contributed by atoms with van der Waals surface area (Å²) in [5.74, 6) is -0.415. The van der Waals surface area contributed by atoms with Gasteiger partial charge in [-0.25, -0.2) is 14.2 Å². The number of nitrogens with zero attached hydrogens (tertiary/aromatic N) is 3. The van der Waals surface area contributed by atoms with E-state index in [1.807, 2.05) is 24.3 Å². The zero-order valence-corrected chi connectivity index (χ0v) is 22.6. The maximum Gasteiger partial charge on any atom is 0.338 e. The molecule has 3 aromatic carbocycles. The molecule has 0 amide bonds. The van der Waals surface area contributed by atoms with Gasteiger partial charge in [0.2, 0.25) is 0 Å². The summed E-state index contributed by atoms with van der Waals surface area (Å²) in [5, 5.41) is 9.32. The molecule has 7 nitrogen and oxygen atoms in total. The second-order valence-corrected chi connectivity index (χ2v) is 9.99. The van der Waals surface area contributed by atoms with E-state index in [2.05, 4.69) is 11.1 Å². The molecule has 0 aliphatic carbocycles. The van der Waals surface area contributed by atoms with E-state index >= 15 is 0 Å². The van der Waals surface area contributed by atoms with Crippen LogP contribution in [0.4, 0.5) is 4.39 Å². The normalized spacial score (nSPS) is 14.8. The molecule has 0 fully saturated rings. The lowest BCUT2D eigenvalue weighted by atomic mass is 9.96. The van der Waals surface area contributed by atoms with Crippen molar-refractivity contribution < 1.29 is 18.7 Å². The van der Waals surface area contributed by atoms with Gasteiger partial charge in [0, 0.05) is 5.56 Å². The number of carbonyl (C=O) groups is 1. The predicted octanol–water partition coefficient (Wildman–Crippen LogP) is 4.39. The van der Waals surface area contributed by atoms with Crippen LogP contribution in [0.15, 0.2) is 93.9 Å². The number of hydrogen-bond donors (Lipinski definition) is 0. The molecule has 0 bridgehead atoms. The van der Waals surface area contributed by atoms with Gasteiger partial charge in [0.1, 0.15) is 18.2 Å². The third kappa shape index (κ3) is 5.35. The molecule has 9 heteroatoms. The Labute approximate surface area is 233 Å². The Hall–Kier alpha value is -4.81. The highest BCUT2D eigenvalue weighted by molar-refractivity contribution is 7.07. The van der Waals surface area contributed by atoms with Gasteiger partial charge in [0.25, 0.3) is 5.56 Å². The summed E-state index contributed by atoms with van der Waals surface area (Å²) in [5.41, 5.74) is 2.97. The van der Waals surface area contributed by atoms with Crippen molar-refractivity contribution in [3.8, 4) is 11.8 Å². The fraction of sp³-hybridized carbons (Fsp3) is 0.161. The van der Waals surface area contributed by atoms with Gasteiger partial charge in [-0.3, -0.25) is 9.36 Å². The maximum atomic E-state index is 13.7. The third-order valence-corrected chi connectivity index (χ3v) is 7.37. The van der Waals surface area contributed by atoms with Crippen molar-refractivity contribution >= 4 is 23.4 Å². The lowest BCUT2D eigenvalue weighted by Gasteiger charge is -2.24. The molecule has 200 valence electrons. The molecule has 4 aromatic rings. The Kier molecular flexibility index (Phi) is 7.71. The largest absolute Gasteiger partial charge is 0.489 e. The maximum absolute atomic E-state index is 13.7. The number of allylic oxidation sites excluding steroid dienone is 1. The van der Waals surface area contributed by atoms with Crippen LogP contribution < -0.4 is 19.6 Å². The van der Waals surface area contributed by atoms with E-state index in [0.29, 0.717) is 31.9 Å². The van der Waals surface area contributed by atoms with Crippen LogP contribution in [0.3, 0.4) is 0 Å². The molecule has 1 aliphatic heterocycles. The first-order valence-corrected chi connectivity index (χ1v) is 13.4. The molecule has 1 aromatic heterocycles. The standard InChI is InChI=1S/C31H24FN3O4S/c1-3-38-30(37)27-19(2)34-31-35(28(27)21-11-13-24(32)14-12-21)29(36)26(40-31)16-20-7-6-10-25(15-20)39-18-23-9-5-4-8-22(23)17-33/h4-16,28H,3,18H2,1-2H3/b26-16-/t28-/m1/s1. The summed E-state index contributed by atoms with van der Waals surface area (Å²) in [4.78, 5) is 31.7. The first-order valence-electron chi connectivity index (χ1n) is 12.6. The number of esters is 1. The van der Waals surface area contributed by atoms with Gasteiger partial charge >= 0.3 is 5.97 Å². The molecule has 0 radical (unpaired) electrons. The number of nitriles is 1. The van der Waals surface area contributed by atoms with E-state index in [-0.39, 0.29) is 24.3 Å². The van der Waals surface area contributed by atoms with Gasteiger partial charge in [-0.05, 0) is 61.4 Å². The number of fused-ring (bicyclic) bond motifs is 1. The Morgan fingerprint density at radius 2 is 1.93 bits per heavy atom. The summed E-state index contributed by atoms with van der Waals surface area (Å²) in [6.45, 7) is 3.79. The molecule has 1 atom stereocenters. The van der Waals surface area contributed by atoms with Gasteiger partial charge in [-0.1, -0.05) is 53.8 Å². The van der Waals surface area contributed by atoms with Crippen LogP contribution in [0.1, 0.15) is 42.1 Å². The Morgan fingerprint density at radius 1 is 1.15 bits per heavy atom. The molecule has 40 heavy (non-hydrogen) atoms. The van der Waals surface area contributed by atoms with E-state index in [9.17, 15) is 19.2 Å². The second kappa shape index (κ2) is 11.5. The topological polar surface area (TPSA) is 93.7 Å². The first kappa shape index (κ1) is 26.8. The Bertz CT molecular complexity index is 1850. The van der Waals surface area contributed by atoms with E-state index < -0.39 is 17.8 Å². The van der Waals surface area contributed by atoms with Gasteiger partial charge in [0.15, 0.2) is 4.80 Å². The van der Waals surface area contributed by atoms with Crippen LogP contribution in [-0.2, 0) is 16.1 Å². The Morgan fingerprint density at radius 3 is 2.67 bits per heavy atom. The highest BCUT2D eigenvalue weighted by Gasteiger charge is 2.33. The third-order valence-electron chi connectivity index (χ3n) is 6.39. The number of halogens is 1. The minimum Gasteiger partial charge on any atom is -0.489 e. The molecule has 0 saturated heterocycles. The molecular weight excluding hydrogens is 529 g/mol. The van der Waals surface area contributed by atoms with E-state index in [1.165, 1.54) is 28.0 Å². The summed E-state index contributed by atoms with van der Waals surface area (Å²) < 4.78 is 26.8. The summed E-state index contributed by atoms with van der Waals surface area (Å²) in [7, 11) is 0. The highest BCUT2D eigenvalue weighted by atomic mass is 32.1. The number of carbonyl (C=O) groups excluding carboxylic acids is 1. The molecule has 0 unspecified atom stereocenters. The van der Waals surface area contributed by atoms with Crippen molar-refractivity contribution in [2.75, 3.05) is 6.61 Å². The SMILES string of the molecule is CCOC(=O)C1=C(C)N=c2s/c(=C\c3cccc(OCc4ccccc4C#N)c3)c(=O)n2[C@@H]1c1ccc(F)cc1. The number of thiazole rings is 1. The van der Waals surface area contributed by atoms with Crippen LogP contribution in [-0.4, -0.2) is 17.1 Å². The van der Waals surface area contributed by atoms with Crippen LogP contribution >= 0.6 is 11.3 Å². The molecule has 5 rings (SSSR count). The molecule has 0 N–H and O–H groups in total. The summed E-state index contributed by atoms with van der Waals surface area (Å²) in [6, 6.07) is 21.6. The fourth-order valence-electron chi connectivity index (χ4n) is 4.51. The van der Waals surface area contributed by atoms with Crippen molar-refractivity contribution in [1.82, 2.24) is 4.57 Å². The first-order chi connectivity index (χ1) is 19.4. The van der Waals surface area contributed by atoms with Gasteiger partial charge in [-0.15, -0.1) is 0 Å². The minimum absolute atomic E-state index is 0.163. The summed E-state index contributed by atoms with van der Waals surface area (Å²) >= 11 is 1.20. The average molecular weight is 554 g/mol. The molecule has 1 aliphatic rings. The molecule has 0 spiro atoms. The van der Waals surface area contributed by atoms with Crippen molar-refractivity contribution in [3.05, 3.63) is 132 Å². The smallest absolute Gasteiger partial charge is 0.338 e. The molecular formula is C31H24FN3O4S. The van der Waals surface area contributed by atoms with Crippen molar-refractivity contribution in [3.63, 3.8) is 0 Å². The fourth-order valence-corrected chi connectivity index (χ4v) is 5.56. The van der Waals surface area contributed by atoms with E-state index in [1.54, 1.807) is 56.3 Å². The van der Waals surface area contributed by atoms with Crippen LogP contribution in [0.2, 0.25) is 0 Å². The van der Waals surface area contributed by atoms with Crippen LogP contribution in [0.5, 0.6) is 5.75 Å². The lowest BCUT2D eigenvalue weighted by molar-refractivity contribution is -0.139. The zero-order valence-electron chi connectivity index (χ0n) is 21.8. The van der Waals surface area contributed by atoms with Crippen molar-refractivity contribution in [2.45, 2.75) is 26.5 Å². The number of rotatable bonds is 7. The highest BCUT2D eigenvalue weighted by Crippen LogP contribution is 2.30. The number of aromatic nitrogens is 1. The lowest BCUT2D eigenvalue weighted by Crippen LogP contribution is -2.39. The minimum atomic E-state index is -0.812. The van der Waals surface area contributed by atoms with Crippen molar-refractivity contribution in [1.29, 1.82) is 5.26 Å². The number of ether oxygens (including phenoxy) is 2. The average Bonchev–Trinajstić information content (AvgIpc) is 3.26. The number of hydrogen-bond acceptors (Lipinski definition) is 7. The van der Waals surface area contributed by atoms with E-state index in [0.717, 1.165) is 11.1 Å². The number of benzene rings is 3. The van der Waals surface area contributed by atoms with Crippen molar-refractivity contribution in [2.24, 2.45) is 4.99 Å². The monoisotopic (exact) mass is 553 g/mol. The van der Waals surface area contributed by atoms with Crippen LogP contribution in [0.25, 0.3) is 6.08 Å². The summed E-state index contributed by atoms with van der Waals surface area (Å²) in [6.07, 6.45) is 1.74. The van der Waals surface area contributed by atoms with Crippen LogP contribution in [0, 0.1) is 17.1 Å². The Balaban J connectivity index is 1.54. The van der Waals surface area contributed by atoms with E-state index in [4.69, 9.17) is 9.47 Å².